The highest BCUT2D eigenvalue weighted by Gasteiger charge is 2.09. The van der Waals surface area contributed by atoms with Crippen LogP contribution in [0.25, 0.3) is 0 Å². The maximum atomic E-state index is 11.2. The molecule has 0 heterocycles. The SMILES string of the molecule is [CH2]CCC(=O)Oc1ccc(C=O)cc1OC. The van der Waals surface area contributed by atoms with E-state index in [1.807, 2.05) is 0 Å². The summed E-state index contributed by atoms with van der Waals surface area (Å²) in [5.74, 6) is 0.306. The smallest absolute Gasteiger partial charge is 0.311 e. The van der Waals surface area contributed by atoms with Crippen LogP contribution in [-0.4, -0.2) is 19.4 Å². The Labute approximate surface area is 94.2 Å². The number of rotatable bonds is 5. The summed E-state index contributed by atoms with van der Waals surface area (Å²) in [6.07, 6.45) is 1.43. The van der Waals surface area contributed by atoms with E-state index in [0.717, 1.165) is 0 Å². The lowest BCUT2D eigenvalue weighted by atomic mass is 10.2. The quantitative estimate of drug-likeness (QED) is 0.433. The predicted octanol–water partition coefficient (Wildman–Crippen LogP) is 2.03. The minimum absolute atomic E-state index is 0.249. The Hall–Kier alpha value is -1.84. The summed E-state index contributed by atoms with van der Waals surface area (Å²) in [5.41, 5.74) is 0.466. The van der Waals surface area contributed by atoms with E-state index in [9.17, 15) is 9.59 Å². The molecule has 0 spiro atoms. The molecular weight excluding hydrogens is 208 g/mol. The van der Waals surface area contributed by atoms with Gasteiger partial charge in [-0.1, -0.05) is 6.92 Å². The van der Waals surface area contributed by atoms with Gasteiger partial charge < -0.3 is 9.47 Å². The zero-order valence-electron chi connectivity index (χ0n) is 9.06. The number of hydrogen-bond acceptors (Lipinski definition) is 4. The van der Waals surface area contributed by atoms with E-state index < -0.39 is 0 Å². The summed E-state index contributed by atoms with van der Waals surface area (Å²) in [6.45, 7) is 3.56. The van der Waals surface area contributed by atoms with Crippen LogP contribution >= 0.6 is 0 Å². The van der Waals surface area contributed by atoms with Gasteiger partial charge in [-0.2, -0.15) is 0 Å². The van der Waals surface area contributed by atoms with Gasteiger partial charge in [-0.05, 0) is 24.6 Å². The van der Waals surface area contributed by atoms with Crippen molar-refractivity contribution in [3.8, 4) is 11.5 Å². The molecule has 0 unspecified atom stereocenters. The van der Waals surface area contributed by atoms with Crippen LogP contribution in [0.5, 0.6) is 11.5 Å². The number of esters is 1. The molecule has 1 rings (SSSR count). The Morgan fingerprint density at radius 1 is 1.44 bits per heavy atom. The first-order chi connectivity index (χ1) is 7.71. The molecule has 1 radical (unpaired) electrons. The molecule has 0 aliphatic rings. The fourth-order valence-electron chi connectivity index (χ4n) is 1.16. The molecule has 4 heteroatoms. The molecule has 0 bridgehead atoms. The Morgan fingerprint density at radius 3 is 2.75 bits per heavy atom. The van der Waals surface area contributed by atoms with Crippen molar-refractivity contribution >= 4 is 12.3 Å². The fraction of sp³-hybridized carbons (Fsp3) is 0.250. The Morgan fingerprint density at radius 2 is 2.19 bits per heavy atom. The van der Waals surface area contributed by atoms with Gasteiger partial charge in [0.05, 0.1) is 7.11 Å². The van der Waals surface area contributed by atoms with Crippen molar-refractivity contribution in [2.45, 2.75) is 12.8 Å². The number of carbonyl (C=O) groups excluding carboxylic acids is 2. The highest BCUT2D eigenvalue weighted by Crippen LogP contribution is 2.27. The second kappa shape index (κ2) is 5.90. The summed E-state index contributed by atoms with van der Waals surface area (Å²) in [6, 6.07) is 4.60. The van der Waals surface area contributed by atoms with Crippen molar-refractivity contribution in [1.82, 2.24) is 0 Å². The number of carbonyl (C=O) groups is 2. The molecule has 0 N–H and O–H groups in total. The number of ether oxygens (including phenoxy) is 2. The van der Waals surface area contributed by atoms with Gasteiger partial charge in [0.1, 0.15) is 6.29 Å². The van der Waals surface area contributed by atoms with Crippen LogP contribution in [0.4, 0.5) is 0 Å². The molecule has 4 nitrogen and oxygen atoms in total. The van der Waals surface area contributed by atoms with E-state index in [1.54, 1.807) is 6.07 Å². The maximum absolute atomic E-state index is 11.2. The average Bonchev–Trinajstić information content (AvgIpc) is 2.30. The lowest BCUT2D eigenvalue weighted by Gasteiger charge is -2.08. The van der Waals surface area contributed by atoms with Crippen molar-refractivity contribution in [2.75, 3.05) is 7.11 Å². The van der Waals surface area contributed by atoms with Crippen molar-refractivity contribution in [2.24, 2.45) is 0 Å². The molecule has 0 saturated carbocycles. The minimum atomic E-state index is -0.368. The van der Waals surface area contributed by atoms with Crippen LogP contribution in [0.15, 0.2) is 18.2 Å². The van der Waals surface area contributed by atoms with Crippen molar-refractivity contribution in [3.63, 3.8) is 0 Å². The van der Waals surface area contributed by atoms with Gasteiger partial charge in [0.15, 0.2) is 11.5 Å². The number of hydrogen-bond donors (Lipinski definition) is 0. The summed E-state index contributed by atoms with van der Waals surface area (Å²) < 4.78 is 10.1. The van der Waals surface area contributed by atoms with Crippen LogP contribution in [0.1, 0.15) is 23.2 Å². The van der Waals surface area contributed by atoms with E-state index >= 15 is 0 Å². The first kappa shape index (κ1) is 12.2. The first-order valence-electron chi connectivity index (χ1n) is 4.84. The van der Waals surface area contributed by atoms with E-state index in [0.29, 0.717) is 29.8 Å². The number of methoxy groups -OCH3 is 1. The van der Waals surface area contributed by atoms with E-state index in [1.165, 1.54) is 19.2 Å². The lowest BCUT2D eigenvalue weighted by molar-refractivity contribution is -0.134. The zero-order valence-corrected chi connectivity index (χ0v) is 9.06. The van der Waals surface area contributed by atoms with E-state index in [2.05, 4.69) is 6.92 Å². The molecule has 0 amide bonds. The highest BCUT2D eigenvalue weighted by molar-refractivity contribution is 5.78. The van der Waals surface area contributed by atoms with Crippen LogP contribution in [0.2, 0.25) is 0 Å². The van der Waals surface area contributed by atoms with Crippen molar-refractivity contribution in [3.05, 3.63) is 30.7 Å². The summed E-state index contributed by atoms with van der Waals surface area (Å²) in [7, 11) is 1.45. The van der Waals surface area contributed by atoms with Crippen LogP contribution in [0, 0.1) is 6.92 Å². The molecule has 0 aromatic heterocycles. The maximum Gasteiger partial charge on any atom is 0.311 e. The molecule has 1 aromatic rings. The second-order valence-electron chi connectivity index (χ2n) is 3.11. The van der Waals surface area contributed by atoms with E-state index in [4.69, 9.17) is 9.47 Å². The van der Waals surface area contributed by atoms with Crippen molar-refractivity contribution in [1.29, 1.82) is 0 Å². The molecule has 16 heavy (non-hydrogen) atoms. The monoisotopic (exact) mass is 221 g/mol. The predicted molar refractivity (Wildman–Crippen MR) is 58.6 cm³/mol. The third kappa shape index (κ3) is 3.08. The fourth-order valence-corrected chi connectivity index (χ4v) is 1.16. The average molecular weight is 221 g/mol. The molecule has 0 fully saturated rings. The third-order valence-electron chi connectivity index (χ3n) is 1.93. The van der Waals surface area contributed by atoms with Crippen LogP contribution in [-0.2, 0) is 4.79 Å². The first-order valence-corrected chi connectivity index (χ1v) is 4.84. The molecule has 0 atom stereocenters. The number of aldehydes is 1. The Bertz CT molecular complexity index is 385. The topological polar surface area (TPSA) is 52.6 Å². The molecular formula is C12H13O4. The Balaban J connectivity index is 2.87. The normalized spacial score (nSPS) is 9.62. The molecule has 0 aliphatic carbocycles. The highest BCUT2D eigenvalue weighted by atomic mass is 16.6. The van der Waals surface area contributed by atoms with Gasteiger partial charge in [-0.15, -0.1) is 0 Å². The van der Waals surface area contributed by atoms with Gasteiger partial charge in [0.2, 0.25) is 0 Å². The van der Waals surface area contributed by atoms with Crippen molar-refractivity contribution < 1.29 is 19.1 Å². The zero-order chi connectivity index (χ0) is 12.0. The Kier molecular flexibility index (Phi) is 4.51. The largest absolute Gasteiger partial charge is 0.493 e. The summed E-state index contributed by atoms with van der Waals surface area (Å²) >= 11 is 0. The molecule has 0 saturated heterocycles. The van der Waals surface area contributed by atoms with Gasteiger partial charge in [-0.25, -0.2) is 0 Å². The van der Waals surface area contributed by atoms with E-state index in [-0.39, 0.29) is 12.4 Å². The molecule has 1 aromatic carbocycles. The molecule has 0 aliphatic heterocycles. The van der Waals surface area contributed by atoms with Gasteiger partial charge in [0.25, 0.3) is 0 Å². The standard InChI is InChI=1S/C12H13O4/c1-3-4-12(14)16-10-6-5-9(8-13)7-11(10)15-2/h5-8H,1,3-4H2,2H3. The van der Waals surface area contributed by atoms with Crippen LogP contribution < -0.4 is 9.47 Å². The number of benzene rings is 1. The summed E-state index contributed by atoms with van der Waals surface area (Å²) in [4.78, 5) is 21.8. The molecule has 85 valence electrons. The summed E-state index contributed by atoms with van der Waals surface area (Å²) in [5, 5.41) is 0. The minimum Gasteiger partial charge on any atom is -0.493 e. The van der Waals surface area contributed by atoms with Gasteiger partial charge >= 0.3 is 5.97 Å². The third-order valence-corrected chi connectivity index (χ3v) is 1.93. The van der Waals surface area contributed by atoms with Gasteiger partial charge in [-0.3, -0.25) is 9.59 Å². The second-order valence-corrected chi connectivity index (χ2v) is 3.11. The van der Waals surface area contributed by atoms with Crippen LogP contribution in [0.3, 0.4) is 0 Å². The lowest BCUT2D eigenvalue weighted by Crippen LogP contribution is -2.08. The van der Waals surface area contributed by atoms with Gasteiger partial charge in [0, 0.05) is 12.0 Å².